The van der Waals surface area contributed by atoms with Crippen LogP contribution < -0.4 is 5.32 Å². The second-order valence-electron chi connectivity index (χ2n) is 6.46. The average molecular weight is 294 g/mol. The number of hydrogen-bond acceptors (Lipinski definition) is 3. The first-order valence-corrected chi connectivity index (χ1v) is 8.72. The molecule has 0 radical (unpaired) electrons. The molecule has 0 saturated heterocycles. The van der Waals surface area contributed by atoms with Gasteiger partial charge in [-0.15, -0.1) is 0 Å². The second kappa shape index (κ2) is 9.93. The van der Waals surface area contributed by atoms with Gasteiger partial charge in [0.2, 0.25) is 0 Å². The lowest BCUT2D eigenvalue weighted by Crippen LogP contribution is -2.39. The van der Waals surface area contributed by atoms with E-state index in [0.717, 1.165) is 31.3 Å². The molecule has 0 spiro atoms. The minimum Gasteiger partial charge on any atom is -0.314 e. The normalized spacial score (nSPS) is 13.3. The lowest BCUT2D eigenvalue weighted by atomic mass is 9.88. The molecule has 0 saturated carbocycles. The zero-order valence-electron chi connectivity index (χ0n) is 14.6. The van der Waals surface area contributed by atoms with Crippen LogP contribution in [-0.2, 0) is 13.0 Å². The maximum atomic E-state index is 4.51. The van der Waals surface area contributed by atoms with Crippen LogP contribution in [0, 0.1) is 11.8 Å². The first kappa shape index (κ1) is 18.1. The van der Waals surface area contributed by atoms with Crippen LogP contribution >= 0.6 is 0 Å². The van der Waals surface area contributed by atoms with Gasteiger partial charge in [-0.05, 0) is 31.2 Å². The Balaban J connectivity index is 2.78. The summed E-state index contributed by atoms with van der Waals surface area (Å²) in [4.78, 5) is 4.51. The van der Waals surface area contributed by atoms with Gasteiger partial charge in [-0.2, -0.15) is 5.10 Å². The third-order valence-electron chi connectivity index (χ3n) is 3.99. The Kier molecular flexibility index (Phi) is 8.58. The molecule has 1 rings (SSSR count). The minimum atomic E-state index is 0.519. The molecule has 1 aromatic rings. The highest BCUT2D eigenvalue weighted by atomic mass is 15.3. The molecule has 1 N–H and O–H groups in total. The fourth-order valence-electron chi connectivity index (χ4n) is 3.10. The highest BCUT2D eigenvalue weighted by Crippen LogP contribution is 2.20. The highest BCUT2D eigenvalue weighted by Gasteiger charge is 2.22. The van der Waals surface area contributed by atoms with Crippen molar-refractivity contribution >= 4 is 0 Å². The molecule has 1 aromatic heterocycles. The predicted octanol–water partition coefficient (Wildman–Crippen LogP) is 3.67. The van der Waals surface area contributed by atoms with Gasteiger partial charge in [0.25, 0.3) is 0 Å². The van der Waals surface area contributed by atoms with E-state index in [1.807, 2.05) is 0 Å². The van der Waals surface area contributed by atoms with Crippen molar-refractivity contribution in [3.63, 3.8) is 0 Å². The summed E-state index contributed by atoms with van der Waals surface area (Å²) in [7, 11) is 0. The molecule has 0 amide bonds. The molecule has 21 heavy (non-hydrogen) atoms. The van der Waals surface area contributed by atoms with Gasteiger partial charge in [0.1, 0.15) is 12.2 Å². The molecule has 1 heterocycles. The maximum Gasteiger partial charge on any atom is 0.138 e. The van der Waals surface area contributed by atoms with Crippen LogP contribution in [0.25, 0.3) is 0 Å². The summed E-state index contributed by atoms with van der Waals surface area (Å²) < 4.78 is 2.09. The average Bonchev–Trinajstić information content (AvgIpc) is 2.84. The van der Waals surface area contributed by atoms with Crippen LogP contribution in [0.4, 0.5) is 0 Å². The van der Waals surface area contributed by atoms with Crippen LogP contribution in [0.15, 0.2) is 6.33 Å². The SMILES string of the molecule is CCCC(CCC)C(Cc1ncnn1CC(C)C)NCC. The third kappa shape index (κ3) is 6.16. The van der Waals surface area contributed by atoms with Gasteiger partial charge >= 0.3 is 0 Å². The molecule has 0 aliphatic carbocycles. The Morgan fingerprint density at radius 2 is 1.81 bits per heavy atom. The smallest absolute Gasteiger partial charge is 0.138 e. The number of aromatic nitrogens is 3. The van der Waals surface area contributed by atoms with Crippen molar-refractivity contribution in [2.75, 3.05) is 6.54 Å². The Morgan fingerprint density at radius 3 is 2.33 bits per heavy atom. The summed E-state index contributed by atoms with van der Waals surface area (Å²) in [6.07, 6.45) is 7.80. The van der Waals surface area contributed by atoms with Crippen LogP contribution in [0.5, 0.6) is 0 Å². The van der Waals surface area contributed by atoms with Crippen molar-refractivity contribution in [1.29, 1.82) is 0 Å². The fourth-order valence-corrected chi connectivity index (χ4v) is 3.10. The van der Waals surface area contributed by atoms with Crippen molar-refractivity contribution in [1.82, 2.24) is 20.1 Å². The number of nitrogens with zero attached hydrogens (tertiary/aromatic N) is 3. The summed E-state index contributed by atoms with van der Waals surface area (Å²) in [5.41, 5.74) is 0. The van der Waals surface area contributed by atoms with E-state index in [9.17, 15) is 0 Å². The van der Waals surface area contributed by atoms with Gasteiger partial charge in [0.05, 0.1) is 0 Å². The largest absolute Gasteiger partial charge is 0.314 e. The van der Waals surface area contributed by atoms with Crippen LogP contribution in [0.1, 0.15) is 66.1 Å². The molecule has 1 unspecified atom stereocenters. The van der Waals surface area contributed by atoms with E-state index in [2.05, 4.69) is 54.7 Å². The lowest BCUT2D eigenvalue weighted by molar-refractivity contribution is 0.304. The standard InChI is InChI=1S/C17H34N4/c1-6-9-15(10-7-2)16(18-8-3)11-17-19-13-20-21(17)12-14(4)5/h13-16,18H,6-12H2,1-5H3. The van der Waals surface area contributed by atoms with Crippen molar-refractivity contribution in [3.8, 4) is 0 Å². The molecular weight excluding hydrogens is 260 g/mol. The van der Waals surface area contributed by atoms with Crippen LogP contribution in [0.2, 0.25) is 0 Å². The van der Waals surface area contributed by atoms with E-state index in [1.165, 1.54) is 25.7 Å². The number of nitrogens with one attached hydrogen (secondary N) is 1. The summed E-state index contributed by atoms with van der Waals surface area (Å²) in [5, 5.41) is 8.09. The fraction of sp³-hybridized carbons (Fsp3) is 0.882. The molecule has 4 nitrogen and oxygen atoms in total. The van der Waals surface area contributed by atoms with Crippen molar-refractivity contribution in [3.05, 3.63) is 12.2 Å². The van der Waals surface area contributed by atoms with E-state index in [1.54, 1.807) is 6.33 Å². The first-order chi connectivity index (χ1) is 10.1. The van der Waals surface area contributed by atoms with Crippen LogP contribution in [0.3, 0.4) is 0 Å². The summed E-state index contributed by atoms with van der Waals surface area (Å²) >= 11 is 0. The lowest BCUT2D eigenvalue weighted by Gasteiger charge is -2.27. The Hall–Kier alpha value is -0.900. The van der Waals surface area contributed by atoms with Gasteiger partial charge in [-0.25, -0.2) is 9.67 Å². The highest BCUT2D eigenvalue weighted by molar-refractivity contribution is 4.92. The van der Waals surface area contributed by atoms with E-state index in [-0.39, 0.29) is 0 Å². The van der Waals surface area contributed by atoms with Gasteiger partial charge in [0.15, 0.2) is 0 Å². The van der Waals surface area contributed by atoms with Crippen molar-refractivity contribution in [2.24, 2.45) is 11.8 Å². The topological polar surface area (TPSA) is 42.7 Å². The van der Waals surface area contributed by atoms with E-state index in [4.69, 9.17) is 0 Å². The molecule has 122 valence electrons. The molecule has 0 aliphatic rings. The zero-order chi connectivity index (χ0) is 15.7. The summed E-state index contributed by atoms with van der Waals surface area (Å²) in [6, 6.07) is 0.519. The Bertz CT molecular complexity index is 367. The van der Waals surface area contributed by atoms with Crippen molar-refractivity contribution in [2.45, 2.75) is 79.3 Å². The number of likely N-dealkylation sites (N-methyl/N-ethyl adjacent to an activating group) is 1. The summed E-state index contributed by atoms with van der Waals surface area (Å²) in [5.74, 6) is 2.47. The Morgan fingerprint density at radius 1 is 1.14 bits per heavy atom. The molecule has 0 aliphatic heterocycles. The molecule has 0 fully saturated rings. The number of hydrogen-bond donors (Lipinski definition) is 1. The van der Waals surface area contributed by atoms with Gasteiger partial charge in [-0.1, -0.05) is 47.5 Å². The molecule has 0 aromatic carbocycles. The van der Waals surface area contributed by atoms with Crippen molar-refractivity contribution < 1.29 is 0 Å². The zero-order valence-corrected chi connectivity index (χ0v) is 14.6. The Labute approximate surface area is 130 Å². The molecule has 1 atom stereocenters. The molecule has 4 heteroatoms. The van der Waals surface area contributed by atoms with Gasteiger partial charge < -0.3 is 5.32 Å². The van der Waals surface area contributed by atoms with Crippen LogP contribution in [-0.4, -0.2) is 27.4 Å². The van der Waals surface area contributed by atoms with Gasteiger partial charge in [-0.3, -0.25) is 0 Å². The molecule has 0 bridgehead atoms. The third-order valence-corrected chi connectivity index (χ3v) is 3.99. The predicted molar refractivity (Wildman–Crippen MR) is 89.3 cm³/mol. The quantitative estimate of drug-likeness (QED) is 0.677. The maximum absolute atomic E-state index is 4.51. The number of rotatable bonds is 11. The second-order valence-corrected chi connectivity index (χ2v) is 6.46. The van der Waals surface area contributed by atoms with E-state index >= 15 is 0 Å². The minimum absolute atomic E-state index is 0.519. The molecular formula is C17H34N4. The van der Waals surface area contributed by atoms with E-state index < -0.39 is 0 Å². The first-order valence-electron chi connectivity index (χ1n) is 8.72. The van der Waals surface area contributed by atoms with Gasteiger partial charge in [0, 0.05) is 19.0 Å². The summed E-state index contributed by atoms with van der Waals surface area (Å²) in [6.45, 7) is 13.2. The van der Waals surface area contributed by atoms with E-state index in [0.29, 0.717) is 12.0 Å². The monoisotopic (exact) mass is 294 g/mol.